The Kier molecular flexibility index (Phi) is 2.59. The van der Waals surface area contributed by atoms with Crippen LogP contribution in [0.5, 0.6) is 0 Å². The van der Waals surface area contributed by atoms with Gasteiger partial charge in [-0.25, -0.2) is 4.98 Å². The largest absolute Gasteiger partial charge is 0.369 e. The van der Waals surface area contributed by atoms with Gasteiger partial charge in [0.05, 0.1) is 5.69 Å². The minimum Gasteiger partial charge on any atom is -0.369 e. The van der Waals surface area contributed by atoms with Crippen molar-refractivity contribution in [3.8, 4) is 0 Å². The van der Waals surface area contributed by atoms with E-state index in [1.807, 2.05) is 11.7 Å². The van der Waals surface area contributed by atoms with Gasteiger partial charge in [-0.05, 0) is 43.4 Å². The molecule has 2 heterocycles. The second kappa shape index (κ2) is 4.24. The van der Waals surface area contributed by atoms with E-state index in [1.54, 1.807) is 0 Å². The van der Waals surface area contributed by atoms with Crippen LogP contribution in [0.25, 0.3) is 11.2 Å². The van der Waals surface area contributed by atoms with E-state index in [2.05, 4.69) is 21.6 Å². The van der Waals surface area contributed by atoms with Crippen LogP contribution in [0.2, 0.25) is 0 Å². The summed E-state index contributed by atoms with van der Waals surface area (Å²) in [5.74, 6) is 3.33. The molecule has 2 aliphatic carbocycles. The first kappa shape index (κ1) is 12.2. The summed E-state index contributed by atoms with van der Waals surface area (Å²) in [7, 11) is 2.00. The van der Waals surface area contributed by atoms with E-state index in [9.17, 15) is 0 Å². The SMILES string of the molecule is CCc1nn(C)c2c1nc(N)n2CC1CC2CCC1C2. The smallest absolute Gasteiger partial charge is 0.202 e. The van der Waals surface area contributed by atoms with Crippen molar-refractivity contribution in [2.75, 3.05) is 5.73 Å². The molecule has 5 heteroatoms. The van der Waals surface area contributed by atoms with Crippen molar-refractivity contribution >= 4 is 17.1 Å². The van der Waals surface area contributed by atoms with Gasteiger partial charge in [-0.3, -0.25) is 9.25 Å². The minimum atomic E-state index is 0.658. The summed E-state index contributed by atoms with van der Waals surface area (Å²) in [6, 6.07) is 0. The molecule has 4 rings (SSSR count). The molecule has 108 valence electrons. The lowest BCUT2D eigenvalue weighted by Gasteiger charge is -2.22. The van der Waals surface area contributed by atoms with Gasteiger partial charge in [0, 0.05) is 13.6 Å². The number of rotatable bonds is 3. The number of aryl methyl sites for hydroxylation is 2. The number of hydrogen-bond acceptors (Lipinski definition) is 3. The van der Waals surface area contributed by atoms with Crippen LogP contribution < -0.4 is 5.73 Å². The van der Waals surface area contributed by atoms with Crippen LogP contribution in [-0.4, -0.2) is 19.3 Å². The van der Waals surface area contributed by atoms with Crippen molar-refractivity contribution in [1.82, 2.24) is 19.3 Å². The second-order valence-electron chi connectivity index (χ2n) is 6.61. The first-order chi connectivity index (χ1) is 9.67. The van der Waals surface area contributed by atoms with Gasteiger partial charge in [-0.2, -0.15) is 5.10 Å². The predicted octanol–water partition coefficient (Wildman–Crippen LogP) is 2.35. The van der Waals surface area contributed by atoms with E-state index in [1.165, 1.54) is 25.7 Å². The highest BCUT2D eigenvalue weighted by molar-refractivity contribution is 5.77. The van der Waals surface area contributed by atoms with Crippen molar-refractivity contribution in [3.63, 3.8) is 0 Å². The number of nitrogens with zero attached hydrogens (tertiary/aromatic N) is 4. The van der Waals surface area contributed by atoms with E-state index in [0.29, 0.717) is 5.95 Å². The normalized spacial score (nSPS) is 28.8. The summed E-state index contributed by atoms with van der Waals surface area (Å²) in [5.41, 5.74) is 9.33. The maximum absolute atomic E-state index is 6.18. The van der Waals surface area contributed by atoms with Crippen LogP contribution in [0.3, 0.4) is 0 Å². The molecule has 20 heavy (non-hydrogen) atoms. The molecule has 2 N–H and O–H groups in total. The lowest BCUT2D eigenvalue weighted by Crippen LogP contribution is -2.19. The first-order valence-electron chi connectivity index (χ1n) is 7.85. The third-order valence-corrected chi connectivity index (χ3v) is 5.46. The van der Waals surface area contributed by atoms with Gasteiger partial charge >= 0.3 is 0 Å². The highest BCUT2D eigenvalue weighted by Crippen LogP contribution is 2.49. The molecule has 0 radical (unpaired) electrons. The van der Waals surface area contributed by atoms with Crippen molar-refractivity contribution in [2.24, 2.45) is 24.8 Å². The minimum absolute atomic E-state index is 0.658. The van der Waals surface area contributed by atoms with Gasteiger partial charge in [0.2, 0.25) is 5.95 Å². The average molecular weight is 273 g/mol. The Bertz CT molecular complexity index is 653. The molecule has 2 aliphatic rings. The number of fused-ring (bicyclic) bond motifs is 3. The van der Waals surface area contributed by atoms with E-state index in [0.717, 1.165) is 47.6 Å². The highest BCUT2D eigenvalue weighted by atomic mass is 15.3. The molecular weight excluding hydrogens is 250 g/mol. The number of aromatic nitrogens is 4. The Morgan fingerprint density at radius 2 is 2.15 bits per heavy atom. The first-order valence-corrected chi connectivity index (χ1v) is 7.85. The van der Waals surface area contributed by atoms with Gasteiger partial charge < -0.3 is 5.73 Å². The molecule has 0 saturated heterocycles. The Balaban J connectivity index is 1.72. The monoisotopic (exact) mass is 273 g/mol. The van der Waals surface area contributed by atoms with Crippen molar-refractivity contribution in [3.05, 3.63) is 5.69 Å². The van der Waals surface area contributed by atoms with E-state index in [-0.39, 0.29) is 0 Å². The molecule has 0 amide bonds. The molecule has 0 aromatic carbocycles. The molecule has 5 nitrogen and oxygen atoms in total. The Labute approximate surface area is 119 Å². The summed E-state index contributed by atoms with van der Waals surface area (Å²) >= 11 is 0. The zero-order valence-electron chi connectivity index (χ0n) is 12.3. The van der Waals surface area contributed by atoms with Gasteiger partial charge in [0.1, 0.15) is 5.52 Å². The summed E-state index contributed by atoms with van der Waals surface area (Å²) < 4.78 is 4.15. The van der Waals surface area contributed by atoms with Crippen molar-refractivity contribution in [2.45, 2.75) is 45.6 Å². The fourth-order valence-electron chi connectivity index (χ4n) is 4.51. The lowest BCUT2D eigenvalue weighted by atomic mass is 9.89. The van der Waals surface area contributed by atoms with Crippen LogP contribution in [0.1, 0.15) is 38.3 Å². The van der Waals surface area contributed by atoms with E-state index in [4.69, 9.17) is 5.73 Å². The van der Waals surface area contributed by atoms with E-state index < -0.39 is 0 Å². The van der Waals surface area contributed by atoms with Crippen LogP contribution in [0.15, 0.2) is 0 Å². The number of nitrogens with two attached hydrogens (primary N) is 1. The quantitative estimate of drug-likeness (QED) is 0.933. The van der Waals surface area contributed by atoms with Crippen LogP contribution in [-0.2, 0) is 20.0 Å². The summed E-state index contributed by atoms with van der Waals surface area (Å²) in [6.07, 6.45) is 6.58. The fourth-order valence-corrected chi connectivity index (χ4v) is 4.51. The Morgan fingerprint density at radius 1 is 1.30 bits per heavy atom. The molecule has 2 aromatic heterocycles. The Morgan fingerprint density at radius 3 is 2.80 bits per heavy atom. The number of hydrogen-bond donors (Lipinski definition) is 1. The standard InChI is InChI=1S/C15H23N5/c1-3-12-13-14(19(2)18-12)20(15(16)17-13)8-11-7-9-4-5-10(11)6-9/h9-11H,3-8H2,1-2H3,(H2,16,17). The average Bonchev–Trinajstić information content (AvgIpc) is 3.15. The molecule has 0 aliphatic heterocycles. The topological polar surface area (TPSA) is 61.7 Å². The summed E-state index contributed by atoms with van der Waals surface area (Å²) in [5, 5.41) is 4.57. The van der Waals surface area contributed by atoms with Crippen LogP contribution in [0, 0.1) is 17.8 Å². The third kappa shape index (κ3) is 1.61. The van der Waals surface area contributed by atoms with Crippen LogP contribution >= 0.6 is 0 Å². The number of anilines is 1. The summed E-state index contributed by atoms with van der Waals surface area (Å²) in [4.78, 5) is 4.57. The maximum atomic E-state index is 6.18. The molecule has 2 fully saturated rings. The summed E-state index contributed by atoms with van der Waals surface area (Å²) in [6.45, 7) is 3.14. The fraction of sp³-hybridized carbons (Fsp3) is 0.733. The maximum Gasteiger partial charge on any atom is 0.202 e. The van der Waals surface area contributed by atoms with Gasteiger partial charge in [0.25, 0.3) is 0 Å². The predicted molar refractivity (Wildman–Crippen MR) is 79.2 cm³/mol. The molecule has 3 atom stereocenters. The molecule has 2 bridgehead atoms. The second-order valence-corrected chi connectivity index (χ2v) is 6.61. The molecular formula is C15H23N5. The van der Waals surface area contributed by atoms with Gasteiger partial charge in [-0.1, -0.05) is 13.3 Å². The highest BCUT2D eigenvalue weighted by Gasteiger charge is 2.39. The molecule has 2 aromatic rings. The van der Waals surface area contributed by atoms with Crippen molar-refractivity contribution in [1.29, 1.82) is 0 Å². The zero-order chi connectivity index (χ0) is 13.9. The Hall–Kier alpha value is -1.52. The van der Waals surface area contributed by atoms with E-state index >= 15 is 0 Å². The van der Waals surface area contributed by atoms with Gasteiger partial charge in [0.15, 0.2) is 5.65 Å². The number of imidazole rings is 1. The number of nitrogen functional groups attached to an aromatic ring is 1. The van der Waals surface area contributed by atoms with Crippen LogP contribution in [0.4, 0.5) is 5.95 Å². The van der Waals surface area contributed by atoms with Crippen molar-refractivity contribution < 1.29 is 0 Å². The molecule has 3 unspecified atom stereocenters. The third-order valence-electron chi connectivity index (χ3n) is 5.46. The van der Waals surface area contributed by atoms with Gasteiger partial charge in [-0.15, -0.1) is 0 Å². The lowest BCUT2D eigenvalue weighted by molar-refractivity contribution is 0.298. The molecule has 2 saturated carbocycles. The zero-order valence-corrected chi connectivity index (χ0v) is 12.3. The molecule has 0 spiro atoms.